The molecule has 2 unspecified atom stereocenters. The second kappa shape index (κ2) is 4.46. The van der Waals surface area contributed by atoms with Gasteiger partial charge in [-0.05, 0) is 37.8 Å². The van der Waals surface area contributed by atoms with Gasteiger partial charge in [-0.25, -0.2) is 8.78 Å². The van der Waals surface area contributed by atoms with Gasteiger partial charge in [-0.2, -0.15) is 0 Å². The van der Waals surface area contributed by atoms with E-state index in [4.69, 9.17) is 11.6 Å². The Morgan fingerprint density at radius 3 is 2.56 bits per heavy atom. The van der Waals surface area contributed by atoms with E-state index in [2.05, 4.69) is 5.32 Å². The summed E-state index contributed by atoms with van der Waals surface area (Å²) in [6, 6.07) is 5.02. The molecule has 1 N–H and O–H groups in total. The zero-order chi connectivity index (χ0) is 12.8. The highest BCUT2D eigenvalue weighted by atomic mass is 35.5. The van der Waals surface area contributed by atoms with Crippen LogP contribution < -0.4 is 5.32 Å². The van der Waals surface area contributed by atoms with Crippen molar-refractivity contribution in [3.63, 3.8) is 0 Å². The van der Waals surface area contributed by atoms with E-state index in [9.17, 15) is 8.78 Å². The summed E-state index contributed by atoms with van der Waals surface area (Å²) in [5, 5.41) is 3.73. The van der Waals surface area contributed by atoms with Gasteiger partial charge in [0.15, 0.2) is 0 Å². The summed E-state index contributed by atoms with van der Waals surface area (Å²) in [6.07, 6.45) is 3.08. The zero-order valence-corrected chi connectivity index (χ0v) is 10.8. The number of halogens is 3. The summed E-state index contributed by atoms with van der Waals surface area (Å²) in [5.74, 6) is -0.398. The summed E-state index contributed by atoms with van der Waals surface area (Å²) >= 11 is 5.98. The Labute approximate surface area is 111 Å². The molecule has 0 amide bonds. The molecule has 1 aromatic rings. The van der Waals surface area contributed by atoms with Crippen LogP contribution in [0.3, 0.4) is 0 Å². The fraction of sp³-hybridized carbons (Fsp3) is 0.571. The molecule has 0 radical (unpaired) electrons. The van der Waals surface area contributed by atoms with Crippen molar-refractivity contribution in [3.05, 3.63) is 34.6 Å². The monoisotopic (exact) mass is 271 g/mol. The number of piperidine rings is 1. The Morgan fingerprint density at radius 2 is 1.94 bits per heavy atom. The Bertz CT molecular complexity index is 431. The van der Waals surface area contributed by atoms with Gasteiger partial charge in [0, 0.05) is 29.1 Å². The molecule has 2 heterocycles. The SMILES string of the molecule is Fc1cccc(Cl)c1CC1(F)CC2CCC(C1)N2. The molecule has 2 aliphatic heterocycles. The second-order valence-corrected chi connectivity index (χ2v) is 5.98. The predicted molar refractivity (Wildman–Crippen MR) is 68.1 cm³/mol. The first-order valence-electron chi connectivity index (χ1n) is 6.44. The zero-order valence-electron chi connectivity index (χ0n) is 10.1. The van der Waals surface area contributed by atoms with Crippen LogP contribution in [-0.2, 0) is 6.42 Å². The molecule has 0 aromatic heterocycles. The summed E-state index contributed by atoms with van der Waals surface area (Å²) in [5.41, 5.74) is -0.994. The molecule has 2 fully saturated rings. The lowest BCUT2D eigenvalue weighted by Crippen LogP contribution is -2.47. The molecule has 98 valence electrons. The van der Waals surface area contributed by atoms with Crippen molar-refractivity contribution in [2.75, 3.05) is 0 Å². The Hall–Kier alpha value is -0.670. The van der Waals surface area contributed by atoms with E-state index in [1.54, 1.807) is 12.1 Å². The van der Waals surface area contributed by atoms with Gasteiger partial charge in [0.2, 0.25) is 0 Å². The van der Waals surface area contributed by atoms with Crippen LogP contribution in [0, 0.1) is 5.82 Å². The first-order valence-corrected chi connectivity index (χ1v) is 6.81. The maximum atomic E-state index is 14.9. The molecule has 18 heavy (non-hydrogen) atoms. The van der Waals surface area contributed by atoms with Gasteiger partial charge in [-0.3, -0.25) is 0 Å². The predicted octanol–water partition coefficient (Wildman–Crippen LogP) is 3.64. The Morgan fingerprint density at radius 1 is 1.28 bits per heavy atom. The van der Waals surface area contributed by atoms with Crippen molar-refractivity contribution in [1.29, 1.82) is 0 Å². The van der Waals surface area contributed by atoms with E-state index in [1.165, 1.54) is 6.07 Å². The van der Waals surface area contributed by atoms with Gasteiger partial charge in [-0.15, -0.1) is 0 Å². The molecule has 3 rings (SSSR count). The van der Waals surface area contributed by atoms with Gasteiger partial charge in [-0.1, -0.05) is 17.7 Å². The van der Waals surface area contributed by atoms with Crippen molar-refractivity contribution in [1.82, 2.24) is 5.32 Å². The van der Waals surface area contributed by atoms with Crippen LogP contribution in [0.1, 0.15) is 31.2 Å². The van der Waals surface area contributed by atoms with Gasteiger partial charge in [0.1, 0.15) is 11.5 Å². The highest BCUT2D eigenvalue weighted by Gasteiger charge is 2.44. The van der Waals surface area contributed by atoms with Crippen molar-refractivity contribution in [2.45, 2.75) is 49.9 Å². The van der Waals surface area contributed by atoms with Crippen LogP contribution in [0.2, 0.25) is 5.02 Å². The normalized spacial score (nSPS) is 34.8. The minimum Gasteiger partial charge on any atom is -0.311 e. The van der Waals surface area contributed by atoms with Crippen LogP contribution in [0.25, 0.3) is 0 Å². The average molecular weight is 272 g/mol. The summed E-state index contributed by atoms with van der Waals surface area (Å²) < 4.78 is 28.6. The number of alkyl halides is 1. The minimum atomic E-state index is -1.32. The molecule has 0 spiro atoms. The quantitative estimate of drug-likeness (QED) is 0.866. The number of fused-ring (bicyclic) bond motifs is 2. The van der Waals surface area contributed by atoms with E-state index in [-0.39, 0.29) is 18.5 Å². The number of hydrogen-bond donors (Lipinski definition) is 1. The fourth-order valence-electron chi connectivity index (χ4n) is 3.35. The third-order valence-corrected chi connectivity index (χ3v) is 4.47. The molecule has 2 aliphatic rings. The highest BCUT2D eigenvalue weighted by molar-refractivity contribution is 6.31. The summed E-state index contributed by atoms with van der Waals surface area (Å²) in [6.45, 7) is 0. The van der Waals surface area contributed by atoms with Gasteiger partial charge in [0.25, 0.3) is 0 Å². The Balaban J connectivity index is 1.83. The van der Waals surface area contributed by atoms with Crippen LogP contribution in [0.15, 0.2) is 18.2 Å². The first kappa shape index (κ1) is 12.4. The smallest absolute Gasteiger partial charge is 0.128 e. The second-order valence-electron chi connectivity index (χ2n) is 5.57. The van der Waals surface area contributed by atoms with E-state index in [0.29, 0.717) is 23.4 Å². The molecule has 1 nitrogen and oxygen atoms in total. The lowest BCUT2D eigenvalue weighted by atomic mass is 9.84. The van der Waals surface area contributed by atoms with Crippen molar-refractivity contribution >= 4 is 11.6 Å². The van der Waals surface area contributed by atoms with Gasteiger partial charge < -0.3 is 5.32 Å². The van der Waals surface area contributed by atoms with Crippen molar-refractivity contribution < 1.29 is 8.78 Å². The first-order chi connectivity index (χ1) is 8.56. The lowest BCUT2D eigenvalue weighted by molar-refractivity contribution is 0.0884. The molecule has 4 heteroatoms. The minimum absolute atomic E-state index is 0.0905. The summed E-state index contributed by atoms with van der Waals surface area (Å²) in [4.78, 5) is 0. The van der Waals surface area contributed by atoms with Crippen molar-refractivity contribution in [2.24, 2.45) is 0 Å². The van der Waals surface area contributed by atoms with Crippen LogP contribution >= 0.6 is 11.6 Å². The molecule has 0 saturated carbocycles. The molecule has 2 atom stereocenters. The summed E-state index contributed by atoms with van der Waals surface area (Å²) in [7, 11) is 0. The third-order valence-electron chi connectivity index (χ3n) is 4.11. The lowest BCUT2D eigenvalue weighted by Gasteiger charge is -2.35. The highest BCUT2D eigenvalue weighted by Crippen LogP contribution is 2.40. The number of nitrogens with one attached hydrogen (secondary N) is 1. The van der Waals surface area contributed by atoms with E-state index in [0.717, 1.165) is 12.8 Å². The van der Waals surface area contributed by atoms with E-state index < -0.39 is 11.5 Å². The number of benzene rings is 1. The van der Waals surface area contributed by atoms with Crippen LogP contribution in [0.4, 0.5) is 8.78 Å². The molecule has 0 aliphatic carbocycles. The third kappa shape index (κ3) is 2.26. The maximum Gasteiger partial charge on any atom is 0.128 e. The average Bonchev–Trinajstić information content (AvgIpc) is 2.64. The van der Waals surface area contributed by atoms with Crippen molar-refractivity contribution in [3.8, 4) is 0 Å². The number of rotatable bonds is 2. The topological polar surface area (TPSA) is 12.0 Å². The Kier molecular flexibility index (Phi) is 3.07. The fourth-order valence-corrected chi connectivity index (χ4v) is 3.58. The standard InChI is InChI=1S/C14H16ClF2N/c15-12-2-1-3-13(16)11(12)8-14(17)6-9-4-5-10(7-14)18-9/h1-3,9-10,18H,4-8H2. The molecule has 2 saturated heterocycles. The largest absolute Gasteiger partial charge is 0.311 e. The van der Waals surface area contributed by atoms with Crippen LogP contribution in [0.5, 0.6) is 0 Å². The van der Waals surface area contributed by atoms with Gasteiger partial charge in [0.05, 0.1) is 0 Å². The molecule has 2 bridgehead atoms. The van der Waals surface area contributed by atoms with E-state index in [1.807, 2.05) is 0 Å². The maximum absolute atomic E-state index is 14.9. The molecular formula is C14H16ClF2N. The molecular weight excluding hydrogens is 256 g/mol. The molecule has 1 aromatic carbocycles. The van der Waals surface area contributed by atoms with Crippen LogP contribution in [-0.4, -0.2) is 17.8 Å². The van der Waals surface area contributed by atoms with Gasteiger partial charge >= 0.3 is 0 Å². The van der Waals surface area contributed by atoms with E-state index >= 15 is 0 Å². The number of hydrogen-bond acceptors (Lipinski definition) is 1.